The standard InChI is InChI=1S/C16H10B4ClN5O/c17-15(18,10-1-2-12(21)23-8-10)16(19,20)14(27)24-13-7-11(25-26-13)9-3-5-22-6-4-9/h1-8H,(H2,24,25,26,27). The molecule has 0 bridgehead atoms. The fraction of sp³-hybridized carbons (Fsp3) is 0.125. The summed E-state index contributed by atoms with van der Waals surface area (Å²) in [5.41, 5.74) is 1.75. The van der Waals surface area contributed by atoms with Crippen LogP contribution in [0.2, 0.25) is 10.4 Å². The van der Waals surface area contributed by atoms with E-state index in [1.54, 1.807) is 30.6 Å². The van der Waals surface area contributed by atoms with Crippen LogP contribution in [-0.2, 0) is 10.0 Å². The molecular weight excluding hydrogens is 357 g/mol. The van der Waals surface area contributed by atoms with Crippen molar-refractivity contribution in [3.05, 3.63) is 59.6 Å². The van der Waals surface area contributed by atoms with E-state index in [-0.39, 0.29) is 16.5 Å². The van der Waals surface area contributed by atoms with Gasteiger partial charge in [0.2, 0.25) is 5.91 Å². The number of nitrogens with zero attached hydrogens (tertiary/aromatic N) is 3. The summed E-state index contributed by atoms with van der Waals surface area (Å²) in [6.45, 7) is 0. The molecule has 3 aromatic heterocycles. The zero-order valence-electron chi connectivity index (χ0n) is 14.1. The third kappa shape index (κ3) is 3.81. The van der Waals surface area contributed by atoms with E-state index in [4.69, 9.17) is 43.0 Å². The van der Waals surface area contributed by atoms with Crippen LogP contribution in [0.1, 0.15) is 5.56 Å². The zero-order valence-corrected chi connectivity index (χ0v) is 14.8. The zero-order chi connectivity index (χ0) is 19.7. The van der Waals surface area contributed by atoms with E-state index >= 15 is 0 Å². The SMILES string of the molecule is [B]C([B])(C(=O)Nc1cc(-c2ccncc2)[nH]n1)C([B])([B])c1ccc(Cl)nc1. The van der Waals surface area contributed by atoms with E-state index in [9.17, 15) is 4.79 Å². The first kappa shape index (κ1) is 19.3. The van der Waals surface area contributed by atoms with Crippen LogP contribution in [0.5, 0.6) is 0 Å². The van der Waals surface area contributed by atoms with E-state index in [1.165, 1.54) is 18.3 Å². The van der Waals surface area contributed by atoms with E-state index in [0.29, 0.717) is 5.69 Å². The Labute approximate surface area is 166 Å². The molecule has 0 atom stereocenters. The predicted molar refractivity (Wildman–Crippen MR) is 107 cm³/mol. The number of pyridine rings is 2. The molecule has 0 spiro atoms. The lowest BCUT2D eigenvalue weighted by atomic mass is 9.28. The molecule has 27 heavy (non-hydrogen) atoms. The lowest BCUT2D eigenvalue weighted by Crippen LogP contribution is -2.50. The van der Waals surface area contributed by atoms with Gasteiger partial charge in [-0.2, -0.15) is 5.10 Å². The summed E-state index contributed by atoms with van der Waals surface area (Å²) in [5.74, 6) is -0.618. The Morgan fingerprint density at radius 2 is 1.81 bits per heavy atom. The summed E-state index contributed by atoms with van der Waals surface area (Å²) in [6.07, 6.45) is 4.58. The number of aromatic nitrogens is 4. The number of halogens is 1. The summed E-state index contributed by atoms with van der Waals surface area (Å²) in [4.78, 5) is 20.5. The molecule has 0 aromatic carbocycles. The molecule has 0 aliphatic heterocycles. The van der Waals surface area contributed by atoms with Gasteiger partial charge in [0.15, 0.2) is 5.82 Å². The fourth-order valence-corrected chi connectivity index (χ4v) is 2.44. The largest absolute Gasteiger partial charge is 0.310 e. The minimum Gasteiger partial charge on any atom is -0.310 e. The molecule has 0 aliphatic rings. The molecular formula is C16H10B4ClN5O. The monoisotopic (exact) mass is 367 g/mol. The molecule has 6 nitrogen and oxygen atoms in total. The summed E-state index contributed by atoms with van der Waals surface area (Å²) in [5, 5.41) is 5.46. The summed E-state index contributed by atoms with van der Waals surface area (Å²) in [6, 6.07) is 8.14. The van der Waals surface area contributed by atoms with Crippen molar-refractivity contribution >= 4 is 54.7 Å². The van der Waals surface area contributed by atoms with Gasteiger partial charge < -0.3 is 5.32 Å². The van der Waals surface area contributed by atoms with Crippen molar-refractivity contribution in [3.8, 4) is 11.3 Å². The smallest absolute Gasteiger partial charge is 0.214 e. The number of amides is 1. The van der Waals surface area contributed by atoms with Crippen molar-refractivity contribution in [2.24, 2.45) is 0 Å². The van der Waals surface area contributed by atoms with E-state index in [2.05, 4.69) is 25.5 Å². The molecule has 3 aromatic rings. The first-order chi connectivity index (χ1) is 12.7. The molecule has 124 valence electrons. The molecule has 3 rings (SSSR count). The first-order valence-corrected chi connectivity index (χ1v) is 8.14. The fourth-order valence-electron chi connectivity index (χ4n) is 2.33. The molecule has 0 unspecified atom stereocenters. The van der Waals surface area contributed by atoms with Gasteiger partial charge in [0, 0.05) is 30.2 Å². The molecule has 0 saturated carbocycles. The highest BCUT2D eigenvalue weighted by molar-refractivity contribution is 6.62. The number of H-pyrrole nitrogens is 1. The highest BCUT2D eigenvalue weighted by atomic mass is 35.5. The number of nitrogens with one attached hydrogen (secondary N) is 2. The molecule has 0 fully saturated rings. The predicted octanol–water partition coefficient (Wildman–Crippen LogP) is 1.10. The average molecular weight is 367 g/mol. The van der Waals surface area contributed by atoms with Gasteiger partial charge in [0.05, 0.1) is 37.1 Å². The molecule has 1 amide bonds. The third-order valence-electron chi connectivity index (χ3n) is 4.08. The number of aromatic amines is 1. The lowest BCUT2D eigenvalue weighted by Gasteiger charge is -2.42. The number of hydrogen-bond donors (Lipinski definition) is 2. The number of rotatable bonds is 5. The van der Waals surface area contributed by atoms with Gasteiger partial charge in [-0.3, -0.25) is 14.9 Å². The topological polar surface area (TPSA) is 83.6 Å². The second-order valence-electron chi connectivity index (χ2n) is 5.96. The van der Waals surface area contributed by atoms with Crippen LogP contribution >= 0.6 is 11.6 Å². The number of anilines is 1. The molecule has 2 N–H and O–H groups in total. The van der Waals surface area contributed by atoms with Gasteiger partial charge in [-0.25, -0.2) is 4.98 Å². The van der Waals surface area contributed by atoms with Crippen molar-refractivity contribution in [1.82, 2.24) is 20.2 Å². The van der Waals surface area contributed by atoms with Gasteiger partial charge in [-0.05, 0) is 29.0 Å². The van der Waals surface area contributed by atoms with Crippen LogP contribution in [0.3, 0.4) is 0 Å². The first-order valence-electron chi connectivity index (χ1n) is 7.76. The Hall–Kier alpha value is -2.47. The Balaban J connectivity index is 1.80. The molecule has 3 heterocycles. The maximum atomic E-state index is 12.6. The minimum atomic E-state index is -2.17. The molecule has 0 saturated heterocycles. The van der Waals surface area contributed by atoms with E-state index in [0.717, 1.165) is 5.56 Å². The van der Waals surface area contributed by atoms with Gasteiger partial charge in [0.25, 0.3) is 0 Å². The maximum absolute atomic E-state index is 12.6. The third-order valence-corrected chi connectivity index (χ3v) is 4.30. The van der Waals surface area contributed by atoms with Crippen LogP contribution < -0.4 is 5.32 Å². The Kier molecular flexibility index (Phi) is 5.20. The lowest BCUT2D eigenvalue weighted by molar-refractivity contribution is -0.117. The Morgan fingerprint density at radius 1 is 1.11 bits per heavy atom. The maximum Gasteiger partial charge on any atom is 0.214 e. The van der Waals surface area contributed by atoms with E-state index in [1.807, 2.05) is 0 Å². The van der Waals surface area contributed by atoms with Crippen LogP contribution in [0.25, 0.3) is 11.3 Å². The van der Waals surface area contributed by atoms with Crippen molar-refractivity contribution in [2.45, 2.75) is 10.4 Å². The normalized spacial score (nSPS) is 11.9. The van der Waals surface area contributed by atoms with Crippen LogP contribution in [0.4, 0.5) is 5.82 Å². The van der Waals surface area contributed by atoms with Gasteiger partial charge in [0.1, 0.15) is 5.15 Å². The number of hydrogen-bond acceptors (Lipinski definition) is 4. The van der Waals surface area contributed by atoms with Gasteiger partial charge >= 0.3 is 0 Å². The van der Waals surface area contributed by atoms with Crippen LogP contribution in [0, 0.1) is 0 Å². The van der Waals surface area contributed by atoms with Gasteiger partial charge in [-0.15, -0.1) is 0 Å². The molecule has 8 radical (unpaired) electrons. The van der Waals surface area contributed by atoms with Gasteiger partial charge in [-0.1, -0.05) is 22.9 Å². The highest BCUT2D eigenvalue weighted by Crippen LogP contribution is 2.39. The second-order valence-corrected chi connectivity index (χ2v) is 6.35. The van der Waals surface area contributed by atoms with Crippen molar-refractivity contribution in [2.75, 3.05) is 5.32 Å². The van der Waals surface area contributed by atoms with E-state index < -0.39 is 16.3 Å². The second kappa shape index (κ2) is 7.27. The minimum absolute atomic E-state index is 0.206. The van der Waals surface area contributed by atoms with Crippen molar-refractivity contribution in [1.29, 1.82) is 0 Å². The average Bonchev–Trinajstić information content (AvgIpc) is 3.11. The van der Waals surface area contributed by atoms with Crippen molar-refractivity contribution in [3.63, 3.8) is 0 Å². The number of carbonyl (C=O) groups excluding carboxylic acids is 1. The summed E-state index contributed by atoms with van der Waals surface area (Å²) >= 11 is 5.75. The Bertz CT molecular complexity index is 947. The van der Waals surface area contributed by atoms with Crippen molar-refractivity contribution < 1.29 is 4.79 Å². The molecule has 0 aliphatic carbocycles. The van der Waals surface area contributed by atoms with Crippen LogP contribution in [0.15, 0.2) is 48.9 Å². The molecule has 11 heteroatoms. The van der Waals surface area contributed by atoms with Crippen LogP contribution in [-0.4, -0.2) is 57.5 Å². The Morgan fingerprint density at radius 3 is 2.44 bits per heavy atom. The summed E-state index contributed by atoms with van der Waals surface area (Å²) in [7, 11) is 24.1. The number of carbonyl (C=O) groups is 1. The quantitative estimate of drug-likeness (QED) is 0.523. The highest BCUT2D eigenvalue weighted by Gasteiger charge is 2.42. The summed E-state index contributed by atoms with van der Waals surface area (Å²) < 4.78 is 0.